The fourth-order valence-electron chi connectivity index (χ4n) is 2.38. The van der Waals surface area contributed by atoms with Gasteiger partial charge in [0.25, 0.3) is 0 Å². The summed E-state index contributed by atoms with van der Waals surface area (Å²) >= 11 is 1.84. The lowest BCUT2D eigenvalue weighted by Gasteiger charge is -2.17. The van der Waals surface area contributed by atoms with E-state index in [1.54, 1.807) is 6.33 Å². The van der Waals surface area contributed by atoms with Gasteiger partial charge in [-0.05, 0) is 45.7 Å². The molecule has 2 heterocycles. The highest BCUT2D eigenvalue weighted by Crippen LogP contribution is 2.29. The number of hydrogen-bond acceptors (Lipinski definition) is 5. The van der Waals surface area contributed by atoms with E-state index >= 15 is 0 Å². The molecule has 0 bridgehead atoms. The number of nitrogens with zero attached hydrogens (tertiary/aromatic N) is 2. The first-order chi connectivity index (χ1) is 10.0. The molecule has 114 valence electrons. The molecule has 0 aliphatic carbocycles. The Hall–Kier alpha value is -1.62. The Morgan fingerprint density at radius 3 is 2.52 bits per heavy atom. The molecule has 0 aromatic carbocycles. The third kappa shape index (κ3) is 3.73. The van der Waals surface area contributed by atoms with Gasteiger partial charge in [0, 0.05) is 21.9 Å². The van der Waals surface area contributed by atoms with Crippen LogP contribution >= 0.6 is 11.3 Å². The van der Waals surface area contributed by atoms with Crippen LogP contribution in [0.15, 0.2) is 12.4 Å². The van der Waals surface area contributed by atoms with Gasteiger partial charge in [0.1, 0.15) is 18.0 Å². The highest BCUT2D eigenvalue weighted by molar-refractivity contribution is 7.12. The average Bonchev–Trinajstić information content (AvgIpc) is 2.79. The van der Waals surface area contributed by atoms with E-state index in [4.69, 9.17) is 0 Å². The van der Waals surface area contributed by atoms with Crippen molar-refractivity contribution in [3.8, 4) is 0 Å². The van der Waals surface area contributed by atoms with Gasteiger partial charge in [-0.1, -0.05) is 6.92 Å². The lowest BCUT2D eigenvalue weighted by molar-refractivity contribution is 0.864. The molecular weight excluding hydrogens is 280 g/mol. The molecular formula is C16H24N4S. The van der Waals surface area contributed by atoms with Crippen LogP contribution in [0.3, 0.4) is 0 Å². The monoisotopic (exact) mass is 304 g/mol. The number of thiophene rings is 1. The predicted molar refractivity (Wildman–Crippen MR) is 91.4 cm³/mol. The minimum absolute atomic E-state index is 0.238. The van der Waals surface area contributed by atoms with Crippen molar-refractivity contribution in [1.82, 2.24) is 9.97 Å². The molecule has 0 fully saturated rings. The molecule has 0 saturated carbocycles. The van der Waals surface area contributed by atoms with Crippen LogP contribution in [0.25, 0.3) is 0 Å². The van der Waals surface area contributed by atoms with Crippen LogP contribution in [-0.4, -0.2) is 16.5 Å². The molecule has 0 radical (unpaired) electrons. The van der Waals surface area contributed by atoms with E-state index in [0.29, 0.717) is 0 Å². The standard InChI is InChI=1S/C16H24N4S/c1-6-7-17-15-11(3)16(19-9-18-15)20-12(4)14-8-10(2)21-13(14)5/h8-9,12H,6-7H2,1-5H3,(H2,17,18,19,20). The van der Waals surface area contributed by atoms with Gasteiger partial charge in [0.05, 0.1) is 6.04 Å². The smallest absolute Gasteiger partial charge is 0.134 e. The van der Waals surface area contributed by atoms with Crippen LogP contribution in [0.1, 0.15) is 47.2 Å². The van der Waals surface area contributed by atoms with Crippen molar-refractivity contribution in [3.05, 3.63) is 33.3 Å². The Balaban J connectivity index is 2.17. The summed E-state index contributed by atoms with van der Waals surface area (Å²) in [5, 5.41) is 6.86. The predicted octanol–water partition coefficient (Wildman–Crippen LogP) is 4.46. The first kappa shape index (κ1) is 15.8. The molecule has 2 N–H and O–H groups in total. The zero-order valence-corrected chi connectivity index (χ0v) is 14.3. The van der Waals surface area contributed by atoms with Gasteiger partial charge in [-0.2, -0.15) is 0 Å². The van der Waals surface area contributed by atoms with Gasteiger partial charge in [0.15, 0.2) is 0 Å². The van der Waals surface area contributed by atoms with Gasteiger partial charge in [-0.15, -0.1) is 11.3 Å². The van der Waals surface area contributed by atoms with Crippen molar-refractivity contribution in [3.63, 3.8) is 0 Å². The number of rotatable bonds is 6. The maximum atomic E-state index is 4.39. The van der Waals surface area contributed by atoms with Gasteiger partial charge >= 0.3 is 0 Å². The molecule has 5 heteroatoms. The maximum Gasteiger partial charge on any atom is 0.134 e. The van der Waals surface area contributed by atoms with Crippen LogP contribution in [0.2, 0.25) is 0 Å². The van der Waals surface area contributed by atoms with Gasteiger partial charge < -0.3 is 10.6 Å². The summed E-state index contributed by atoms with van der Waals surface area (Å²) < 4.78 is 0. The Labute approximate surface area is 131 Å². The Morgan fingerprint density at radius 1 is 1.19 bits per heavy atom. The van der Waals surface area contributed by atoms with E-state index in [-0.39, 0.29) is 6.04 Å². The maximum absolute atomic E-state index is 4.39. The van der Waals surface area contributed by atoms with E-state index in [2.05, 4.69) is 61.3 Å². The number of anilines is 2. The van der Waals surface area contributed by atoms with Crippen LogP contribution in [-0.2, 0) is 0 Å². The van der Waals surface area contributed by atoms with Crippen molar-refractivity contribution in [1.29, 1.82) is 0 Å². The van der Waals surface area contributed by atoms with Crippen molar-refractivity contribution in [2.45, 2.75) is 47.1 Å². The minimum Gasteiger partial charge on any atom is -0.370 e. The zero-order valence-electron chi connectivity index (χ0n) is 13.4. The first-order valence-corrected chi connectivity index (χ1v) is 8.23. The van der Waals surface area contributed by atoms with Crippen molar-refractivity contribution in [2.75, 3.05) is 17.2 Å². The Morgan fingerprint density at radius 2 is 1.90 bits per heavy atom. The van der Waals surface area contributed by atoms with Crippen LogP contribution < -0.4 is 10.6 Å². The summed E-state index contributed by atoms with van der Waals surface area (Å²) in [7, 11) is 0. The summed E-state index contributed by atoms with van der Waals surface area (Å²) in [6, 6.07) is 2.49. The number of nitrogens with one attached hydrogen (secondary N) is 2. The second-order valence-corrected chi connectivity index (χ2v) is 6.82. The van der Waals surface area contributed by atoms with E-state index in [1.807, 2.05) is 11.3 Å². The fourth-order valence-corrected chi connectivity index (χ4v) is 3.40. The molecule has 0 amide bonds. The van der Waals surface area contributed by atoms with Crippen molar-refractivity contribution < 1.29 is 0 Å². The molecule has 4 nitrogen and oxygen atoms in total. The zero-order chi connectivity index (χ0) is 15.4. The highest BCUT2D eigenvalue weighted by Gasteiger charge is 2.14. The SMILES string of the molecule is CCCNc1ncnc(NC(C)c2cc(C)sc2C)c1C. The van der Waals surface area contributed by atoms with Crippen LogP contribution in [0, 0.1) is 20.8 Å². The normalized spacial score (nSPS) is 12.2. The fraction of sp³-hybridized carbons (Fsp3) is 0.500. The summed E-state index contributed by atoms with van der Waals surface area (Å²) in [5.41, 5.74) is 2.42. The molecule has 21 heavy (non-hydrogen) atoms. The average molecular weight is 304 g/mol. The molecule has 0 aliphatic heterocycles. The third-order valence-electron chi connectivity index (χ3n) is 3.53. The van der Waals surface area contributed by atoms with Gasteiger partial charge in [0.2, 0.25) is 0 Å². The second kappa shape index (κ2) is 6.89. The summed E-state index contributed by atoms with van der Waals surface area (Å²) in [4.78, 5) is 11.4. The van der Waals surface area contributed by atoms with Crippen LogP contribution in [0.5, 0.6) is 0 Å². The summed E-state index contributed by atoms with van der Waals surface area (Å²) in [5.74, 6) is 1.82. The van der Waals surface area contributed by atoms with E-state index < -0.39 is 0 Å². The minimum atomic E-state index is 0.238. The first-order valence-electron chi connectivity index (χ1n) is 7.41. The van der Waals surface area contributed by atoms with Gasteiger partial charge in [-0.3, -0.25) is 0 Å². The lowest BCUT2D eigenvalue weighted by Crippen LogP contribution is -2.12. The number of hydrogen-bond donors (Lipinski definition) is 2. The number of aromatic nitrogens is 2. The van der Waals surface area contributed by atoms with Crippen LogP contribution in [0.4, 0.5) is 11.6 Å². The molecule has 0 aliphatic rings. The summed E-state index contributed by atoms with van der Waals surface area (Å²) in [6.45, 7) is 11.6. The molecule has 2 aromatic rings. The second-order valence-electron chi connectivity index (χ2n) is 5.36. The quantitative estimate of drug-likeness (QED) is 0.827. The van der Waals surface area contributed by atoms with Crippen molar-refractivity contribution >= 4 is 23.0 Å². The van der Waals surface area contributed by atoms with Crippen molar-refractivity contribution in [2.24, 2.45) is 0 Å². The Kier molecular flexibility index (Phi) is 5.17. The molecule has 0 spiro atoms. The largest absolute Gasteiger partial charge is 0.370 e. The topological polar surface area (TPSA) is 49.8 Å². The highest BCUT2D eigenvalue weighted by atomic mass is 32.1. The van der Waals surface area contributed by atoms with E-state index in [0.717, 1.165) is 30.2 Å². The molecule has 1 atom stereocenters. The third-order valence-corrected chi connectivity index (χ3v) is 4.51. The lowest BCUT2D eigenvalue weighted by atomic mass is 10.1. The Bertz CT molecular complexity index is 606. The summed E-state index contributed by atoms with van der Waals surface area (Å²) in [6.07, 6.45) is 2.70. The molecule has 0 saturated heterocycles. The number of aryl methyl sites for hydroxylation is 2. The van der Waals surface area contributed by atoms with E-state index in [1.165, 1.54) is 15.3 Å². The van der Waals surface area contributed by atoms with E-state index in [9.17, 15) is 0 Å². The van der Waals surface area contributed by atoms with Gasteiger partial charge in [-0.25, -0.2) is 9.97 Å². The molecule has 1 unspecified atom stereocenters. The molecule has 2 aromatic heterocycles. The molecule has 2 rings (SSSR count).